The second-order valence-electron chi connectivity index (χ2n) is 3.23. The third-order valence-electron chi connectivity index (χ3n) is 2.05. The van der Waals surface area contributed by atoms with Crippen molar-refractivity contribution in [2.24, 2.45) is 5.73 Å². The first-order chi connectivity index (χ1) is 7.00. The van der Waals surface area contributed by atoms with Crippen LogP contribution in [-0.2, 0) is 11.2 Å². The predicted molar refractivity (Wildman–Crippen MR) is 60.4 cm³/mol. The van der Waals surface area contributed by atoms with E-state index in [4.69, 9.17) is 34.0 Å². The maximum absolute atomic E-state index is 10.5. The number of nitrogens with two attached hydrogens (primary N) is 1. The van der Waals surface area contributed by atoms with E-state index in [-0.39, 0.29) is 0 Å². The molecule has 0 heterocycles. The van der Waals surface area contributed by atoms with Crippen LogP contribution < -0.4 is 5.73 Å². The number of carboxylic acid groups (broad SMARTS) is 1. The lowest BCUT2D eigenvalue weighted by molar-refractivity contribution is -0.138. The van der Waals surface area contributed by atoms with E-state index in [0.717, 1.165) is 5.56 Å². The molecule has 0 aliphatic rings. The maximum Gasteiger partial charge on any atom is 0.320 e. The normalized spacial score (nSPS) is 12.5. The van der Waals surface area contributed by atoms with Gasteiger partial charge in [-0.15, -0.1) is 0 Å². The number of rotatable bonds is 4. The average molecular weight is 248 g/mol. The van der Waals surface area contributed by atoms with Crippen LogP contribution in [0, 0.1) is 0 Å². The summed E-state index contributed by atoms with van der Waals surface area (Å²) < 4.78 is 0. The van der Waals surface area contributed by atoms with E-state index in [1.807, 2.05) is 6.07 Å². The van der Waals surface area contributed by atoms with Gasteiger partial charge in [-0.3, -0.25) is 4.79 Å². The Morgan fingerprint density at radius 2 is 2.07 bits per heavy atom. The number of carbonyl (C=O) groups is 1. The molecule has 82 valence electrons. The summed E-state index contributed by atoms with van der Waals surface area (Å²) in [7, 11) is 0. The molecule has 0 fully saturated rings. The molecule has 0 aliphatic carbocycles. The summed E-state index contributed by atoms with van der Waals surface area (Å²) >= 11 is 11.6. The minimum Gasteiger partial charge on any atom is -0.480 e. The smallest absolute Gasteiger partial charge is 0.320 e. The largest absolute Gasteiger partial charge is 0.480 e. The standard InChI is InChI=1S/C10H11Cl2NO2/c11-7-3-1-6(5-8(7)12)2-4-9(13)10(14)15/h1,3,5,9H,2,4,13H2,(H,14,15). The zero-order valence-corrected chi connectivity index (χ0v) is 9.42. The number of aryl methyl sites for hydroxylation is 1. The molecular formula is C10H11Cl2NO2. The van der Waals surface area contributed by atoms with Crippen LogP contribution in [0.5, 0.6) is 0 Å². The summed E-state index contributed by atoms with van der Waals surface area (Å²) in [4.78, 5) is 10.5. The summed E-state index contributed by atoms with van der Waals surface area (Å²) in [6.45, 7) is 0. The Balaban J connectivity index is 2.58. The second-order valence-corrected chi connectivity index (χ2v) is 4.05. The fraction of sp³-hybridized carbons (Fsp3) is 0.300. The van der Waals surface area contributed by atoms with Gasteiger partial charge in [-0.2, -0.15) is 0 Å². The fourth-order valence-electron chi connectivity index (χ4n) is 1.14. The van der Waals surface area contributed by atoms with Crippen LogP contribution in [0.15, 0.2) is 18.2 Å². The van der Waals surface area contributed by atoms with Gasteiger partial charge in [-0.05, 0) is 30.5 Å². The highest BCUT2D eigenvalue weighted by molar-refractivity contribution is 6.42. The van der Waals surface area contributed by atoms with Gasteiger partial charge in [0, 0.05) is 0 Å². The number of aliphatic carboxylic acids is 1. The van der Waals surface area contributed by atoms with Crippen LogP contribution in [0.1, 0.15) is 12.0 Å². The van der Waals surface area contributed by atoms with Crippen molar-refractivity contribution in [2.75, 3.05) is 0 Å². The van der Waals surface area contributed by atoms with Crippen LogP contribution in [0.4, 0.5) is 0 Å². The van der Waals surface area contributed by atoms with E-state index in [1.165, 1.54) is 0 Å². The number of hydrogen-bond donors (Lipinski definition) is 2. The van der Waals surface area contributed by atoms with Crippen LogP contribution >= 0.6 is 23.2 Å². The van der Waals surface area contributed by atoms with Crippen LogP contribution in [0.3, 0.4) is 0 Å². The van der Waals surface area contributed by atoms with Gasteiger partial charge < -0.3 is 10.8 Å². The number of halogens is 2. The second kappa shape index (κ2) is 5.35. The molecule has 3 nitrogen and oxygen atoms in total. The quantitative estimate of drug-likeness (QED) is 0.859. The summed E-state index contributed by atoms with van der Waals surface area (Å²) in [5.41, 5.74) is 6.31. The Labute approximate surface area is 97.8 Å². The van der Waals surface area contributed by atoms with Crippen LogP contribution in [0.2, 0.25) is 10.0 Å². The Bertz CT molecular complexity index is 368. The SMILES string of the molecule is NC(CCc1ccc(Cl)c(Cl)c1)C(=O)O. The predicted octanol–water partition coefficient (Wildman–Crippen LogP) is 2.34. The van der Waals surface area contributed by atoms with E-state index < -0.39 is 12.0 Å². The van der Waals surface area contributed by atoms with Gasteiger partial charge in [-0.25, -0.2) is 0 Å². The van der Waals surface area contributed by atoms with Gasteiger partial charge in [0.15, 0.2) is 0 Å². The highest BCUT2D eigenvalue weighted by Crippen LogP contribution is 2.23. The van der Waals surface area contributed by atoms with E-state index in [2.05, 4.69) is 0 Å². The molecule has 1 aromatic carbocycles. The van der Waals surface area contributed by atoms with Gasteiger partial charge >= 0.3 is 5.97 Å². The van der Waals surface area contributed by atoms with Crippen LogP contribution in [-0.4, -0.2) is 17.1 Å². The molecule has 0 amide bonds. The topological polar surface area (TPSA) is 63.3 Å². The molecule has 1 rings (SSSR count). The van der Waals surface area contributed by atoms with Crippen molar-refractivity contribution < 1.29 is 9.90 Å². The van der Waals surface area contributed by atoms with Crippen molar-refractivity contribution in [1.29, 1.82) is 0 Å². The van der Waals surface area contributed by atoms with Crippen molar-refractivity contribution in [3.05, 3.63) is 33.8 Å². The van der Waals surface area contributed by atoms with Gasteiger partial charge in [0.1, 0.15) is 6.04 Å². The molecule has 1 unspecified atom stereocenters. The summed E-state index contributed by atoms with van der Waals surface area (Å²) in [6, 6.07) is 4.38. The highest BCUT2D eigenvalue weighted by Gasteiger charge is 2.11. The molecule has 15 heavy (non-hydrogen) atoms. The Morgan fingerprint density at radius 1 is 1.40 bits per heavy atom. The third kappa shape index (κ3) is 3.70. The van der Waals surface area contributed by atoms with Gasteiger partial charge in [0.25, 0.3) is 0 Å². The van der Waals surface area contributed by atoms with Crippen molar-refractivity contribution >= 4 is 29.2 Å². The van der Waals surface area contributed by atoms with Crippen molar-refractivity contribution in [3.63, 3.8) is 0 Å². The van der Waals surface area contributed by atoms with Crippen LogP contribution in [0.25, 0.3) is 0 Å². The molecule has 1 aromatic rings. The zero-order valence-electron chi connectivity index (χ0n) is 7.91. The number of hydrogen-bond acceptors (Lipinski definition) is 2. The third-order valence-corrected chi connectivity index (χ3v) is 2.78. The van der Waals surface area contributed by atoms with Crippen molar-refractivity contribution in [2.45, 2.75) is 18.9 Å². The molecule has 0 spiro atoms. The molecule has 0 aromatic heterocycles. The zero-order chi connectivity index (χ0) is 11.4. The van der Waals surface area contributed by atoms with E-state index in [0.29, 0.717) is 22.9 Å². The Kier molecular flexibility index (Phi) is 4.39. The first-order valence-corrected chi connectivity index (χ1v) is 5.18. The van der Waals surface area contributed by atoms with Gasteiger partial charge in [0.05, 0.1) is 10.0 Å². The first-order valence-electron chi connectivity index (χ1n) is 4.43. The molecule has 0 saturated carbocycles. The lowest BCUT2D eigenvalue weighted by Crippen LogP contribution is -2.30. The van der Waals surface area contributed by atoms with E-state index in [1.54, 1.807) is 12.1 Å². The lowest BCUT2D eigenvalue weighted by Gasteiger charge is -2.06. The first kappa shape index (κ1) is 12.3. The lowest BCUT2D eigenvalue weighted by atomic mass is 10.1. The molecule has 3 N–H and O–H groups in total. The summed E-state index contributed by atoms with van der Waals surface area (Å²) in [6.07, 6.45) is 0.956. The number of carboxylic acids is 1. The van der Waals surface area contributed by atoms with Crippen molar-refractivity contribution in [3.8, 4) is 0 Å². The number of benzene rings is 1. The molecular weight excluding hydrogens is 237 g/mol. The molecule has 0 radical (unpaired) electrons. The summed E-state index contributed by atoms with van der Waals surface area (Å²) in [5, 5.41) is 9.55. The Morgan fingerprint density at radius 3 is 2.60 bits per heavy atom. The highest BCUT2D eigenvalue weighted by atomic mass is 35.5. The molecule has 0 bridgehead atoms. The molecule has 1 atom stereocenters. The maximum atomic E-state index is 10.5. The minimum absolute atomic E-state index is 0.382. The minimum atomic E-state index is -0.991. The average Bonchev–Trinajstić information content (AvgIpc) is 2.19. The van der Waals surface area contributed by atoms with E-state index in [9.17, 15) is 4.79 Å². The monoisotopic (exact) mass is 247 g/mol. The molecule has 5 heteroatoms. The van der Waals surface area contributed by atoms with Gasteiger partial charge in [-0.1, -0.05) is 29.3 Å². The fourth-order valence-corrected chi connectivity index (χ4v) is 1.46. The summed E-state index contributed by atoms with van der Waals surface area (Å²) in [5.74, 6) is -0.991. The molecule has 0 aliphatic heterocycles. The Hall–Kier alpha value is -0.770. The van der Waals surface area contributed by atoms with Gasteiger partial charge in [0.2, 0.25) is 0 Å². The molecule has 0 saturated heterocycles. The van der Waals surface area contributed by atoms with Crippen molar-refractivity contribution in [1.82, 2.24) is 0 Å². The van der Waals surface area contributed by atoms with E-state index >= 15 is 0 Å².